The van der Waals surface area contributed by atoms with Crippen LogP contribution in [0.15, 0.2) is 42.9 Å². The monoisotopic (exact) mass is 347 g/mol. The summed E-state index contributed by atoms with van der Waals surface area (Å²) < 4.78 is 2.18. The van der Waals surface area contributed by atoms with Crippen molar-refractivity contribution in [3.8, 4) is 0 Å². The molecule has 0 bridgehead atoms. The second-order valence-electron chi connectivity index (χ2n) is 7.57. The number of nitrogens with zero attached hydrogens (tertiary/aromatic N) is 3. The Morgan fingerprint density at radius 3 is 2.88 bits per heavy atom. The van der Waals surface area contributed by atoms with Crippen molar-refractivity contribution < 1.29 is 5.11 Å². The van der Waals surface area contributed by atoms with Gasteiger partial charge in [-0.05, 0) is 55.7 Å². The molecule has 3 aromatic rings. The fourth-order valence-corrected chi connectivity index (χ4v) is 4.55. The number of aliphatic hydroxyl groups excluding tert-OH is 1. The standard InChI is InChI=1S/C21H23N4O/c1-13-10-15(11-19(13)26)25-9-8-17-20(22-12-23-21(17)25)24-18-7-6-14-4-2-3-5-16(14)18/h2-5,8-9,12-13,15,18-19,26H,1,6-7,10-11H2,(H,22,23,24)/t13-,15+,18+,19-/m0/s1. The molecule has 0 spiro atoms. The van der Waals surface area contributed by atoms with Crippen molar-refractivity contribution >= 4 is 16.9 Å². The molecule has 0 saturated heterocycles. The molecule has 1 fully saturated rings. The van der Waals surface area contributed by atoms with E-state index in [0.29, 0.717) is 6.04 Å². The topological polar surface area (TPSA) is 63.0 Å². The number of aromatic nitrogens is 3. The van der Waals surface area contributed by atoms with E-state index in [9.17, 15) is 5.11 Å². The van der Waals surface area contributed by atoms with E-state index in [2.05, 4.69) is 63.3 Å². The lowest BCUT2D eigenvalue weighted by Gasteiger charge is -2.16. The zero-order chi connectivity index (χ0) is 17.7. The van der Waals surface area contributed by atoms with Gasteiger partial charge in [0, 0.05) is 12.2 Å². The van der Waals surface area contributed by atoms with Crippen molar-refractivity contribution in [3.63, 3.8) is 0 Å². The van der Waals surface area contributed by atoms with Gasteiger partial charge in [-0.3, -0.25) is 0 Å². The summed E-state index contributed by atoms with van der Waals surface area (Å²) in [5, 5.41) is 14.7. The molecular weight excluding hydrogens is 324 g/mol. The molecule has 2 aliphatic rings. The molecule has 2 aliphatic carbocycles. The minimum Gasteiger partial charge on any atom is -0.393 e. The van der Waals surface area contributed by atoms with Gasteiger partial charge in [-0.2, -0.15) is 0 Å². The molecule has 0 unspecified atom stereocenters. The summed E-state index contributed by atoms with van der Waals surface area (Å²) in [6.45, 7) is 4.06. The highest BCUT2D eigenvalue weighted by Gasteiger charge is 2.32. The maximum atomic E-state index is 10.1. The highest BCUT2D eigenvalue weighted by atomic mass is 16.3. The Morgan fingerprint density at radius 1 is 1.15 bits per heavy atom. The summed E-state index contributed by atoms with van der Waals surface area (Å²) in [6, 6.07) is 11.3. The van der Waals surface area contributed by atoms with Gasteiger partial charge >= 0.3 is 0 Å². The van der Waals surface area contributed by atoms with Crippen LogP contribution in [0.3, 0.4) is 0 Å². The van der Waals surface area contributed by atoms with Crippen LogP contribution in [0.2, 0.25) is 0 Å². The SMILES string of the molecule is [CH2][C@H]1C[C@@H](n2ccc3c(N[C@@H]4CCc5ccccc54)ncnc32)C[C@@H]1O. The molecule has 4 atom stereocenters. The smallest absolute Gasteiger partial charge is 0.145 e. The number of hydrogen-bond acceptors (Lipinski definition) is 4. The first-order valence-electron chi connectivity index (χ1n) is 9.37. The van der Waals surface area contributed by atoms with Crippen LogP contribution < -0.4 is 5.32 Å². The molecule has 0 amide bonds. The zero-order valence-corrected chi connectivity index (χ0v) is 14.7. The third-order valence-electron chi connectivity index (χ3n) is 5.98. The van der Waals surface area contributed by atoms with Crippen molar-refractivity contribution in [1.29, 1.82) is 0 Å². The Kier molecular flexibility index (Phi) is 3.71. The fourth-order valence-electron chi connectivity index (χ4n) is 4.55. The lowest BCUT2D eigenvalue weighted by atomic mass is 10.1. The Bertz CT molecular complexity index is 940. The van der Waals surface area contributed by atoms with Gasteiger partial charge in [0.2, 0.25) is 0 Å². The Balaban J connectivity index is 1.47. The van der Waals surface area contributed by atoms with Gasteiger partial charge in [0.15, 0.2) is 0 Å². The number of benzene rings is 1. The average molecular weight is 347 g/mol. The highest BCUT2D eigenvalue weighted by Crippen LogP contribution is 2.38. The lowest BCUT2D eigenvalue weighted by molar-refractivity contribution is 0.149. The molecule has 1 aromatic carbocycles. The largest absolute Gasteiger partial charge is 0.393 e. The van der Waals surface area contributed by atoms with Gasteiger partial charge in [0.1, 0.15) is 17.8 Å². The molecule has 2 heterocycles. The maximum Gasteiger partial charge on any atom is 0.145 e. The van der Waals surface area contributed by atoms with Gasteiger partial charge < -0.3 is 15.0 Å². The van der Waals surface area contributed by atoms with Crippen LogP contribution in [0.4, 0.5) is 5.82 Å². The minimum absolute atomic E-state index is 0.0897. The Morgan fingerprint density at radius 2 is 2.04 bits per heavy atom. The maximum absolute atomic E-state index is 10.1. The van der Waals surface area contributed by atoms with Crippen molar-refractivity contribution in [3.05, 3.63) is 60.9 Å². The number of aryl methyl sites for hydroxylation is 1. The molecule has 1 saturated carbocycles. The van der Waals surface area contributed by atoms with E-state index < -0.39 is 0 Å². The van der Waals surface area contributed by atoms with Crippen molar-refractivity contribution in [2.24, 2.45) is 5.92 Å². The summed E-state index contributed by atoms with van der Waals surface area (Å²) in [4.78, 5) is 9.04. The fraction of sp³-hybridized carbons (Fsp3) is 0.381. The molecule has 2 N–H and O–H groups in total. The van der Waals surface area contributed by atoms with E-state index in [0.717, 1.165) is 42.5 Å². The molecule has 2 aromatic heterocycles. The molecule has 1 radical (unpaired) electrons. The molecule has 5 nitrogen and oxygen atoms in total. The minimum atomic E-state index is -0.327. The Labute approximate surface area is 153 Å². The first-order chi connectivity index (χ1) is 12.7. The number of aliphatic hydroxyl groups is 1. The van der Waals surface area contributed by atoms with Gasteiger partial charge in [-0.25, -0.2) is 9.97 Å². The molecular formula is C21H23N4O. The third kappa shape index (κ3) is 2.50. The van der Waals surface area contributed by atoms with E-state index in [1.54, 1.807) is 6.33 Å². The van der Waals surface area contributed by atoms with Crippen molar-refractivity contribution in [2.75, 3.05) is 5.32 Å². The quantitative estimate of drug-likeness (QED) is 0.759. The average Bonchev–Trinajstić information content (AvgIpc) is 3.34. The van der Waals surface area contributed by atoms with Crippen LogP contribution in [0.1, 0.15) is 42.5 Å². The highest BCUT2D eigenvalue weighted by molar-refractivity contribution is 5.87. The van der Waals surface area contributed by atoms with Crippen LogP contribution in [0.25, 0.3) is 11.0 Å². The van der Waals surface area contributed by atoms with Gasteiger partial charge in [0.25, 0.3) is 0 Å². The molecule has 26 heavy (non-hydrogen) atoms. The molecule has 133 valence electrons. The molecule has 5 heteroatoms. The van der Waals surface area contributed by atoms with E-state index in [1.807, 2.05) is 0 Å². The van der Waals surface area contributed by atoms with Gasteiger partial charge in [0.05, 0.1) is 17.5 Å². The van der Waals surface area contributed by atoms with E-state index >= 15 is 0 Å². The second kappa shape index (κ2) is 6.09. The van der Waals surface area contributed by atoms with E-state index in [4.69, 9.17) is 0 Å². The van der Waals surface area contributed by atoms with Crippen LogP contribution in [-0.4, -0.2) is 25.7 Å². The lowest BCUT2D eigenvalue weighted by Crippen LogP contribution is -2.10. The second-order valence-corrected chi connectivity index (χ2v) is 7.57. The number of anilines is 1. The summed E-state index contributed by atoms with van der Waals surface area (Å²) >= 11 is 0. The van der Waals surface area contributed by atoms with E-state index in [1.165, 1.54) is 11.1 Å². The zero-order valence-electron chi connectivity index (χ0n) is 14.7. The van der Waals surface area contributed by atoms with Crippen LogP contribution >= 0.6 is 0 Å². The summed E-state index contributed by atoms with van der Waals surface area (Å²) in [7, 11) is 0. The predicted octanol–water partition coefficient (Wildman–Crippen LogP) is 3.68. The number of hydrogen-bond donors (Lipinski definition) is 2. The molecule has 5 rings (SSSR count). The summed E-state index contributed by atoms with van der Waals surface area (Å²) in [5.74, 6) is 0.979. The van der Waals surface area contributed by atoms with Gasteiger partial charge in [-0.1, -0.05) is 24.3 Å². The van der Waals surface area contributed by atoms with Gasteiger partial charge in [-0.15, -0.1) is 0 Å². The van der Waals surface area contributed by atoms with Crippen molar-refractivity contribution in [2.45, 2.75) is 43.9 Å². The number of rotatable bonds is 3. The van der Waals surface area contributed by atoms with E-state index in [-0.39, 0.29) is 18.1 Å². The first-order valence-corrected chi connectivity index (χ1v) is 9.37. The predicted molar refractivity (Wildman–Crippen MR) is 102 cm³/mol. The normalized spacial score (nSPS) is 27.8. The molecule has 0 aliphatic heterocycles. The first kappa shape index (κ1) is 15.8. The van der Waals surface area contributed by atoms with Crippen molar-refractivity contribution in [1.82, 2.24) is 14.5 Å². The summed E-state index contributed by atoms with van der Waals surface area (Å²) in [5.41, 5.74) is 3.73. The van der Waals surface area contributed by atoms with Crippen LogP contribution in [0, 0.1) is 12.8 Å². The number of nitrogens with one attached hydrogen (secondary N) is 1. The number of fused-ring (bicyclic) bond motifs is 2. The Hall–Kier alpha value is -2.40. The third-order valence-corrected chi connectivity index (χ3v) is 5.98. The summed E-state index contributed by atoms with van der Waals surface area (Å²) in [6.07, 6.45) is 7.19. The van der Waals surface area contributed by atoms with Crippen LogP contribution in [-0.2, 0) is 6.42 Å². The van der Waals surface area contributed by atoms with Crippen LogP contribution in [0.5, 0.6) is 0 Å².